The fourth-order valence-corrected chi connectivity index (χ4v) is 1.07. The second kappa shape index (κ2) is 2.83. The van der Waals surface area contributed by atoms with E-state index in [1.165, 1.54) is 24.0 Å². The molecule has 1 aliphatic carbocycles. The minimum atomic E-state index is 0. The van der Waals surface area contributed by atoms with Crippen molar-refractivity contribution in [2.45, 2.75) is 19.8 Å². The topological polar surface area (TPSA) is 26.0 Å². The van der Waals surface area contributed by atoms with Gasteiger partial charge in [0.25, 0.3) is 0 Å². The summed E-state index contributed by atoms with van der Waals surface area (Å²) in [6, 6.07) is 0. The molecule has 0 radical (unpaired) electrons. The van der Waals surface area contributed by atoms with Crippen LogP contribution in [0.2, 0.25) is 0 Å². The molecule has 52 valence electrons. The monoisotopic (exact) mass is 125 g/mol. The molecule has 9 heavy (non-hydrogen) atoms. The Hall–Kier alpha value is -0.560. The van der Waals surface area contributed by atoms with Crippen molar-refractivity contribution in [2.75, 3.05) is 6.54 Å². The van der Waals surface area contributed by atoms with Crippen LogP contribution in [-0.2, 0) is 0 Å². The van der Waals surface area contributed by atoms with Crippen molar-refractivity contribution < 1.29 is 1.43 Å². The maximum Gasteiger partial charge on any atom is 0.0177 e. The largest absolute Gasteiger partial charge is 0.326 e. The van der Waals surface area contributed by atoms with Gasteiger partial charge in [-0.1, -0.05) is 17.7 Å². The molecule has 1 aliphatic rings. The molecule has 0 aromatic carbocycles. The Balaban J connectivity index is 0.000000810. The molecule has 0 spiro atoms. The Morgan fingerprint density at radius 1 is 1.78 bits per heavy atom. The highest BCUT2D eigenvalue weighted by Gasteiger charge is 1.99. The van der Waals surface area contributed by atoms with E-state index in [4.69, 9.17) is 5.73 Å². The lowest BCUT2D eigenvalue weighted by Gasteiger charge is -2.09. The minimum Gasteiger partial charge on any atom is -0.326 e. The van der Waals surface area contributed by atoms with Gasteiger partial charge in [-0.25, -0.2) is 0 Å². The molecule has 0 saturated heterocycles. The predicted molar refractivity (Wildman–Crippen MR) is 42.2 cm³/mol. The van der Waals surface area contributed by atoms with E-state index >= 15 is 0 Å². The fourth-order valence-electron chi connectivity index (χ4n) is 1.07. The van der Waals surface area contributed by atoms with Crippen LogP contribution in [0.3, 0.4) is 0 Å². The molecule has 0 aromatic heterocycles. The first-order chi connectivity index (χ1) is 4.34. The number of hydrogen-bond donors (Lipinski definition) is 1. The van der Waals surface area contributed by atoms with Crippen molar-refractivity contribution in [2.24, 2.45) is 5.73 Å². The highest BCUT2D eigenvalue weighted by molar-refractivity contribution is 5.28. The van der Waals surface area contributed by atoms with Gasteiger partial charge in [-0.15, -0.1) is 0 Å². The van der Waals surface area contributed by atoms with E-state index < -0.39 is 0 Å². The summed E-state index contributed by atoms with van der Waals surface area (Å²) < 4.78 is 0. The van der Waals surface area contributed by atoms with Crippen LogP contribution in [0.1, 0.15) is 21.2 Å². The van der Waals surface area contributed by atoms with Gasteiger partial charge in [-0.2, -0.15) is 0 Å². The molecule has 0 aliphatic heterocycles. The maximum atomic E-state index is 5.48. The molecule has 0 unspecified atom stereocenters. The van der Waals surface area contributed by atoms with Crippen LogP contribution in [0.15, 0.2) is 23.3 Å². The van der Waals surface area contributed by atoms with Gasteiger partial charge in [0.15, 0.2) is 0 Å². The molecular weight excluding hydrogens is 110 g/mol. The number of nitrogens with two attached hydrogens (primary N) is 1. The van der Waals surface area contributed by atoms with Crippen LogP contribution < -0.4 is 5.73 Å². The summed E-state index contributed by atoms with van der Waals surface area (Å²) in [6.45, 7) is 2.86. The number of hydrogen-bond acceptors (Lipinski definition) is 1. The van der Waals surface area contributed by atoms with Gasteiger partial charge >= 0.3 is 0 Å². The molecule has 0 aromatic rings. The average Bonchev–Trinajstić information content (AvgIpc) is 1.89. The van der Waals surface area contributed by atoms with E-state index in [9.17, 15) is 0 Å². The average molecular weight is 125 g/mol. The second-order valence-electron chi connectivity index (χ2n) is 2.45. The third-order valence-electron chi connectivity index (χ3n) is 1.77. The molecule has 0 atom stereocenters. The van der Waals surface area contributed by atoms with Gasteiger partial charge in [-0.05, 0) is 25.3 Å². The lowest BCUT2D eigenvalue weighted by Crippen LogP contribution is -2.05. The lowest BCUT2D eigenvalue weighted by molar-refractivity contribution is 0.922. The highest BCUT2D eigenvalue weighted by Crippen LogP contribution is 2.16. The first-order valence-electron chi connectivity index (χ1n) is 3.40. The van der Waals surface area contributed by atoms with E-state index in [0.717, 1.165) is 0 Å². The molecular formula is C8H15N. The first kappa shape index (κ1) is 6.56. The smallest absolute Gasteiger partial charge is 0.0177 e. The van der Waals surface area contributed by atoms with Crippen LogP contribution in [0.4, 0.5) is 0 Å². The highest BCUT2D eigenvalue weighted by atomic mass is 14.5. The summed E-state index contributed by atoms with van der Waals surface area (Å²) in [5, 5.41) is 0. The van der Waals surface area contributed by atoms with Crippen molar-refractivity contribution in [3.8, 4) is 0 Å². The van der Waals surface area contributed by atoms with E-state index in [-0.39, 0.29) is 1.43 Å². The molecule has 0 heterocycles. The summed E-state index contributed by atoms with van der Waals surface area (Å²) >= 11 is 0. The zero-order chi connectivity index (χ0) is 6.69. The molecule has 0 bridgehead atoms. The zero-order valence-corrected chi connectivity index (χ0v) is 5.85. The molecule has 1 heteroatoms. The van der Waals surface area contributed by atoms with Gasteiger partial charge in [0.05, 0.1) is 0 Å². The Morgan fingerprint density at radius 2 is 2.56 bits per heavy atom. The summed E-state index contributed by atoms with van der Waals surface area (Å²) in [5.41, 5.74) is 8.26. The molecule has 0 fully saturated rings. The summed E-state index contributed by atoms with van der Waals surface area (Å²) in [6.07, 6.45) is 6.71. The van der Waals surface area contributed by atoms with E-state index in [0.29, 0.717) is 6.54 Å². The summed E-state index contributed by atoms with van der Waals surface area (Å²) in [5.74, 6) is 0. The van der Waals surface area contributed by atoms with Crippen LogP contribution >= 0.6 is 0 Å². The molecule has 0 saturated carbocycles. The molecule has 2 N–H and O–H groups in total. The molecule has 1 nitrogen and oxygen atoms in total. The normalized spacial score (nSPS) is 18.9. The third kappa shape index (κ3) is 1.42. The zero-order valence-electron chi connectivity index (χ0n) is 5.85. The first-order valence-corrected chi connectivity index (χ1v) is 3.40. The SMILES string of the molecule is CC1=C(CN)C=CCC1.[HH]. The maximum absolute atomic E-state index is 5.48. The van der Waals surface area contributed by atoms with Gasteiger partial charge < -0.3 is 5.73 Å². The minimum absolute atomic E-state index is 0. The number of rotatable bonds is 1. The molecule has 0 amide bonds. The van der Waals surface area contributed by atoms with Crippen LogP contribution in [-0.4, -0.2) is 6.54 Å². The summed E-state index contributed by atoms with van der Waals surface area (Å²) in [4.78, 5) is 0. The van der Waals surface area contributed by atoms with Crippen molar-refractivity contribution in [3.63, 3.8) is 0 Å². The van der Waals surface area contributed by atoms with Crippen LogP contribution in [0, 0.1) is 0 Å². The van der Waals surface area contributed by atoms with Crippen LogP contribution in [0.5, 0.6) is 0 Å². The van der Waals surface area contributed by atoms with Gasteiger partial charge in [-0.3, -0.25) is 0 Å². The Labute approximate surface area is 57.7 Å². The Kier molecular flexibility index (Phi) is 2.06. The Morgan fingerprint density at radius 3 is 3.00 bits per heavy atom. The second-order valence-corrected chi connectivity index (χ2v) is 2.45. The van der Waals surface area contributed by atoms with Crippen molar-refractivity contribution in [1.82, 2.24) is 0 Å². The van der Waals surface area contributed by atoms with Gasteiger partial charge in [0.2, 0.25) is 0 Å². The van der Waals surface area contributed by atoms with E-state index in [2.05, 4.69) is 19.1 Å². The quantitative estimate of drug-likeness (QED) is 0.568. The van der Waals surface area contributed by atoms with Gasteiger partial charge in [0, 0.05) is 7.97 Å². The van der Waals surface area contributed by atoms with Crippen molar-refractivity contribution >= 4 is 0 Å². The Bertz CT molecular complexity index is 159. The van der Waals surface area contributed by atoms with Crippen molar-refractivity contribution in [1.29, 1.82) is 0 Å². The standard InChI is InChI=1S/C8H13N.H2/c1-7-4-2-3-5-8(7)6-9;/h3,5H,2,4,6,9H2,1H3;1H. The van der Waals surface area contributed by atoms with Crippen molar-refractivity contribution in [3.05, 3.63) is 23.3 Å². The molecule has 1 rings (SSSR count). The van der Waals surface area contributed by atoms with Gasteiger partial charge in [0.1, 0.15) is 0 Å². The van der Waals surface area contributed by atoms with Crippen LogP contribution in [0.25, 0.3) is 0 Å². The van der Waals surface area contributed by atoms with E-state index in [1.807, 2.05) is 0 Å². The number of allylic oxidation sites excluding steroid dienone is 2. The van der Waals surface area contributed by atoms with E-state index in [1.54, 1.807) is 0 Å². The third-order valence-corrected chi connectivity index (χ3v) is 1.77. The lowest BCUT2D eigenvalue weighted by atomic mass is 9.99. The fraction of sp³-hybridized carbons (Fsp3) is 0.500. The summed E-state index contributed by atoms with van der Waals surface area (Å²) in [7, 11) is 0. The predicted octanol–water partition coefficient (Wildman–Crippen LogP) is 1.86.